The van der Waals surface area contributed by atoms with Crippen LogP contribution in [0.15, 0.2) is 6.07 Å². The van der Waals surface area contributed by atoms with E-state index in [4.69, 9.17) is 15.2 Å². The van der Waals surface area contributed by atoms with E-state index < -0.39 is 0 Å². The van der Waals surface area contributed by atoms with Gasteiger partial charge < -0.3 is 15.2 Å². The molecule has 108 valence electrons. The van der Waals surface area contributed by atoms with E-state index in [0.29, 0.717) is 6.54 Å². The zero-order chi connectivity index (χ0) is 14.0. The normalized spacial score (nSPS) is 25.9. The van der Waals surface area contributed by atoms with Gasteiger partial charge in [0.2, 0.25) is 0 Å². The van der Waals surface area contributed by atoms with Gasteiger partial charge in [0.1, 0.15) is 0 Å². The third-order valence-corrected chi connectivity index (χ3v) is 4.93. The van der Waals surface area contributed by atoms with E-state index >= 15 is 0 Å². The maximum Gasteiger partial charge on any atom is 0.0972 e. The Morgan fingerprint density at radius 3 is 2.26 bits per heavy atom. The van der Waals surface area contributed by atoms with Crippen molar-refractivity contribution in [3.63, 3.8) is 0 Å². The lowest BCUT2D eigenvalue weighted by Gasteiger charge is -2.26. The van der Waals surface area contributed by atoms with Gasteiger partial charge in [-0.2, -0.15) is 0 Å². The van der Waals surface area contributed by atoms with Crippen molar-refractivity contribution in [2.45, 2.75) is 32.1 Å². The van der Waals surface area contributed by atoms with Crippen LogP contribution in [0.1, 0.15) is 21.4 Å². The predicted molar refractivity (Wildman–Crippen MR) is 78.8 cm³/mol. The summed E-state index contributed by atoms with van der Waals surface area (Å²) in [5.74, 6) is 0. The third-order valence-electron chi connectivity index (χ3n) is 3.95. The molecule has 1 aromatic rings. The van der Waals surface area contributed by atoms with Crippen molar-refractivity contribution in [2.24, 2.45) is 5.73 Å². The number of nitrogens with two attached hydrogens (primary N) is 1. The average Bonchev–Trinajstić information content (AvgIpc) is 2.94. The topological polar surface area (TPSA) is 47.7 Å². The fourth-order valence-corrected chi connectivity index (χ4v) is 3.91. The number of nitrogens with zero attached hydrogens (tertiary/aromatic N) is 1. The van der Waals surface area contributed by atoms with Gasteiger partial charge >= 0.3 is 0 Å². The first kappa shape index (κ1) is 14.9. The molecule has 3 unspecified atom stereocenters. The summed E-state index contributed by atoms with van der Waals surface area (Å²) in [7, 11) is 3.50. The summed E-state index contributed by atoms with van der Waals surface area (Å²) >= 11 is 1.84. The highest BCUT2D eigenvalue weighted by molar-refractivity contribution is 7.12. The predicted octanol–water partition coefficient (Wildman–Crippen LogP) is 1.71. The van der Waals surface area contributed by atoms with Crippen LogP contribution in [0.2, 0.25) is 0 Å². The molecule has 5 heteroatoms. The van der Waals surface area contributed by atoms with Crippen LogP contribution in [0.3, 0.4) is 0 Å². The summed E-state index contributed by atoms with van der Waals surface area (Å²) in [6, 6.07) is 2.53. The summed E-state index contributed by atoms with van der Waals surface area (Å²) in [4.78, 5) is 5.09. The summed E-state index contributed by atoms with van der Waals surface area (Å²) in [6.45, 7) is 6.71. The molecule has 4 nitrogen and oxygen atoms in total. The Hall–Kier alpha value is -0.460. The second-order valence-electron chi connectivity index (χ2n) is 5.12. The van der Waals surface area contributed by atoms with Crippen LogP contribution < -0.4 is 5.73 Å². The second-order valence-corrected chi connectivity index (χ2v) is 6.58. The van der Waals surface area contributed by atoms with Crippen molar-refractivity contribution >= 4 is 11.3 Å². The first-order chi connectivity index (χ1) is 9.10. The summed E-state index contributed by atoms with van der Waals surface area (Å²) < 4.78 is 11.0. The van der Waals surface area contributed by atoms with Crippen molar-refractivity contribution in [1.29, 1.82) is 0 Å². The van der Waals surface area contributed by atoms with Gasteiger partial charge in [-0.1, -0.05) is 0 Å². The second kappa shape index (κ2) is 6.33. The first-order valence-electron chi connectivity index (χ1n) is 6.67. The SMILES string of the molecule is COC1CN(C(CN)c2cc(C)sc2C)CC1OC. The minimum absolute atomic E-state index is 0.138. The molecule has 1 saturated heterocycles. The minimum atomic E-state index is 0.138. The Bertz CT molecular complexity index is 410. The highest BCUT2D eigenvalue weighted by atomic mass is 32.1. The Morgan fingerprint density at radius 1 is 1.32 bits per heavy atom. The number of methoxy groups -OCH3 is 2. The monoisotopic (exact) mass is 284 g/mol. The lowest BCUT2D eigenvalue weighted by atomic mass is 10.1. The fourth-order valence-electron chi connectivity index (χ4n) is 2.93. The van der Waals surface area contributed by atoms with Crippen LogP contribution in [-0.4, -0.2) is 51.0 Å². The van der Waals surface area contributed by atoms with Gasteiger partial charge in [0.25, 0.3) is 0 Å². The van der Waals surface area contributed by atoms with Crippen LogP contribution in [0, 0.1) is 13.8 Å². The largest absolute Gasteiger partial charge is 0.377 e. The maximum atomic E-state index is 6.02. The molecule has 0 aromatic carbocycles. The van der Waals surface area contributed by atoms with Crippen LogP contribution in [0.4, 0.5) is 0 Å². The average molecular weight is 284 g/mol. The van der Waals surface area contributed by atoms with Gasteiger partial charge in [0, 0.05) is 49.6 Å². The van der Waals surface area contributed by atoms with Gasteiger partial charge in [-0.3, -0.25) is 4.90 Å². The van der Waals surface area contributed by atoms with Crippen molar-refractivity contribution < 1.29 is 9.47 Å². The molecule has 3 atom stereocenters. The molecule has 2 heterocycles. The lowest BCUT2D eigenvalue weighted by Crippen LogP contribution is -2.33. The molecule has 0 radical (unpaired) electrons. The molecule has 0 spiro atoms. The van der Waals surface area contributed by atoms with Crippen LogP contribution in [0.5, 0.6) is 0 Å². The molecular weight excluding hydrogens is 260 g/mol. The standard InChI is InChI=1S/C14H24N2O2S/c1-9-5-11(10(2)19-9)12(6-15)16-7-13(17-3)14(8-16)18-4/h5,12-14H,6-8,15H2,1-4H3. The van der Waals surface area contributed by atoms with E-state index in [0.717, 1.165) is 13.1 Å². The van der Waals surface area contributed by atoms with Crippen molar-refractivity contribution in [1.82, 2.24) is 4.90 Å². The van der Waals surface area contributed by atoms with E-state index in [1.54, 1.807) is 14.2 Å². The van der Waals surface area contributed by atoms with E-state index in [9.17, 15) is 0 Å². The van der Waals surface area contributed by atoms with Crippen molar-refractivity contribution in [3.8, 4) is 0 Å². The molecule has 0 saturated carbocycles. The molecule has 0 aliphatic carbocycles. The Balaban J connectivity index is 2.17. The number of likely N-dealkylation sites (tertiary alicyclic amines) is 1. The maximum absolute atomic E-state index is 6.02. The van der Waals surface area contributed by atoms with Gasteiger partial charge in [-0.05, 0) is 25.5 Å². The molecule has 19 heavy (non-hydrogen) atoms. The number of aryl methyl sites for hydroxylation is 2. The molecule has 2 rings (SSSR count). The minimum Gasteiger partial charge on any atom is -0.377 e. The first-order valence-corrected chi connectivity index (χ1v) is 7.49. The number of rotatable bonds is 5. The van der Waals surface area contributed by atoms with Gasteiger partial charge in [0.05, 0.1) is 12.2 Å². The molecular formula is C14H24N2O2S. The van der Waals surface area contributed by atoms with Crippen molar-refractivity contribution in [3.05, 3.63) is 21.4 Å². The van der Waals surface area contributed by atoms with Crippen LogP contribution in [0.25, 0.3) is 0 Å². The highest BCUT2D eigenvalue weighted by Crippen LogP contribution is 2.32. The molecule has 0 bridgehead atoms. The fraction of sp³-hybridized carbons (Fsp3) is 0.714. The molecule has 1 fully saturated rings. The zero-order valence-electron chi connectivity index (χ0n) is 12.2. The number of ether oxygens (including phenoxy) is 2. The Morgan fingerprint density at radius 2 is 1.89 bits per heavy atom. The highest BCUT2D eigenvalue weighted by Gasteiger charge is 2.37. The lowest BCUT2D eigenvalue weighted by molar-refractivity contribution is -0.00461. The third kappa shape index (κ3) is 3.01. The zero-order valence-corrected chi connectivity index (χ0v) is 13.0. The van der Waals surface area contributed by atoms with E-state index in [1.165, 1.54) is 15.3 Å². The number of hydrogen-bond acceptors (Lipinski definition) is 5. The Labute approximate surface area is 119 Å². The van der Waals surface area contributed by atoms with Gasteiger partial charge in [0.15, 0.2) is 0 Å². The van der Waals surface area contributed by atoms with E-state index in [1.807, 2.05) is 11.3 Å². The summed E-state index contributed by atoms with van der Waals surface area (Å²) in [5, 5.41) is 0. The molecule has 1 aromatic heterocycles. The molecule has 1 aliphatic rings. The van der Waals surface area contributed by atoms with Gasteiger partial charge in [-0.25, -0.2) is 0 Å². The van der Waals surface area contributed by atoms with E-state index in [-0.39, 0.29) is 18.2 Å². The number of thiophene rings is 1. The number of hydrogen-bond donors (Lipinski definition) is 1. The van der Waals surface area contributed by atoms with Crippen LogP contribution in [-0.2, 0) is 9.47 Å². The molecule has 0 amide bonds. The van der Waals surface area contributed by atoms with E-state index in [2.05, 4.69) is 24.8 Å². The smallest absolute Gasteiger partial charge is 0.0972 e. The molecule has 1 aliphatic heterocycles. The molecule has 2 N–H and O–H groups in total. The Kier molecular flexibility index (Phi) is 4.97. The summed E-state index contributed by atoms with van der Waals surface area (Å²) in [6.07, 6.45) is 0.276. The van der Waals surface area contributed by atoms with Gasteiger partial charge in [-0.15, -0.1) is 11.3 Å². The van der Waals surface area contributed by atoms with Crippen LogP contribution >= 0.6 is 11.3 Å². The summed E-state index contributed by atoms with van der Waals surface area (Å²) in [5.41, 5.74) is 7.38. The quantitative estimate of drug-likeness (QED) is 0.894. The van der Waals surface area contributed by atoms with Crippen molar-refractivity contribution in [2.75, 3.05) is 33.9 Å².